The molecule has 1 aromatic heterocycles. The lowest BCUT2D eigenvalue weighted by Gasteiger charge is -2.29. The number of aromatic nitrogens is 1. The standard InChI is InChI=1S/C11H18N4O3/c1-7(16)11(2,3)14-10-6-8(15(17)18)5-9(12-4)13-10/h5-7,16H,1-4H3,(H2,12,13,14). The maximum Gasteiger partial charge on any atom is 0.276 e. The smallest absolute Gasteiger partial charge is 0.276 e. The van der Waals surface area contributed by atoms with Gasteiger partial charge in [-0.1, -0.05) is 0 Å². The zero-order valence-electron chi connectivity index (χ0n) is 10.9. The average Bonchev–Trinajstić information content (AvgIpc) is 2.27. The highest BCUT2D eigenvalue weighted by atomic mass is 16.6. The summed E-state index contributed by atoms with van der Waals surface area (Å²) in [6.07, 6.45) is -0.628. The van der Waals surface area contributed by atoms with Gasteiger partial charge in [0.1, 0.15) is 11.6 Å². The average molecular weight is 254 g/mol. The summed E-state index contributed by atoms with van der Waals surface area (Å²) in [6, 6.07) is 2.69. The molecule has 0 aliphatic carbocycles. The minimum absolute atomic E-state index is 0.0572. The molecule has 7 heteroatoms. The van der Waals surface area contributed by atoms with Crippen LogP contribution in [0.3, 0.4) is 0 Å². The van der Waals surface area contributed by atoms with E-state index in [9.17, 15) is 15.2 Å². The van der Waals surface area contributed by atoms with Crippen molar-refractivity contribution in [3.8, 4) is 0 Å². The van der Waals surface area contributed by atoms with Gasteiger partial charge in [-0.25, -0.2) is 4.98 Å². The third kappa shape index (κ3) is 3.30. The predicted octanol–water partition coefficient (Wildman–Crippen LogP) is 1.60. The lowest BCUT2D eigenvalue weighted by atomic mass is 9.99. The van der Waals surface area contributed by atoms with Crippen molar-refractivity contribution in [2.24, 2.45) is 0 Å². The Kier molecular flexibility index (Phi) is 4.07. The molecule has 0 amide bonds. The number of anilines is 2. The first-order chi connectivity index (χ1) is 8.26. The van der Waals surface area contributed by atoms with E-state index in [1.165, 1.54) is 12.1 Å². The largest absolute Gasteiger partial charge is 0.391 e. The third-order valence-corrected chi connectivity index (χ3v) is 2.77. The van der Waals surface area contributed by atoms with Crippen LogP contribution in [0.1, 0.15) is 20.8 Å². The molecule has 7 nitrogen and oxygen atoms in total. The highest BCUT2D eigenvalue weighted by molar-refractivity contribution is 5.55. The van der Waals surface area contributed by atoms with Crippen LogP contribution in [0, 0.1) is 10.1 Å². The first-order valence-corrected chi connectivity index (χ1v) is 5.56. The number of nitrogens with one attached hydrogen (secondary N) is 2. The molecule has 0 radical (unpaired) electrons. The van der Waals surface area contributed by atoms with Crippen molar-refractivity contribution in [3.05, 3.63) is 22.2 Å². The molecule has 3 N–H and O–H groups in total. The van der Waals surface area contributed by atoms with Crippen molar-refractivity contribution in [3.63, 3.8) is 0 Å². The first-order valence-electron chi connectivity index (χ1n) is 5.56. The summed E-state index contributed by atoms with van der Waals surface area (Å²) in [5.41, 5.74) is -0.689. The Morgan fingerprint density at radius 2 is 2.00 bits per heavy atom. The second-order valence-corrected chi connectivity index (χ2v) is 4.63. The Balaban J connectivity index is 3.09. The molecule has 100 valence electrons. The summed E-state index contributed by atoms with van der Waals surface area (Å²) >= 11 is 0. The Labute approximate surface area is 105 Å². The monoisotopic (exact) mass is 254 g/mol. The summed E-state index contributed by atoms with van der Waals surface area (Å²) in [6.45, 7) is 5.22. The van der Waals surface area contributed by atoms with Gasteiger partial charge in [0.25, 0.3) is 5.69 Å². The molecular weight excluding hydrogens is 236 g/mol. The number of nitro groups is 1. The molecule has 1 atom stereocenters. The van der Waals surface area contributed by atoms with Crippen molar-refractivity contribution in [1.82, 2.24) is 4.98 Å². The van der Waals surface area contributed by atoms with Gasteiger partial charge in [-0.3, -0.25) is 10.1 Å². The number of aliphatic hydroxyl groups is 1. The SMILES string of the molecule is CNc1cc([N+](=O)[O-])cc(NC(C)(C)C(C)O)n1. The molecule has 0 aromatic carbocycles. The summed E-state index contributed by atoms with van der Waals surface area (Å²) in [7, 11) is 1.63. The van der Waals surface area contributed by atoms with Gasteiger partial charge in [0, 0.05) is 7.05 Å². The van der Waals surface area contributed by atoms with Crippen LogP contribution in [0.25, 0.3) is 0 Å². The molecule has 0 bridgehead atoms. The van der Waals surface area contributed by atoms with Crippen LogP contribution in [0.15, 0.2) is 12.1 Å². The van der Waals surface area contributed by atoms with Gasteiger partial charge in [-0.05, 0) is 20.8 Å². The molecule has 0 spiro atoms. The minimum Gasteiger partial charge on any atom is -0.391 e. The van der Waals surface area contributed by atoms with Crippen LogP contribution in [-0.2, 0) is 0 Å². The maximum absolute atomic E-state index is 10.8. The van der Waals surface area contributed by atoms with E-state index >= 15 is 0 Å². The zero-order valence-corrected chi connectivity index (χ0v) is 10.9. The molecule has 1 rings (SSSR count). The van der Waals surface area contributed by atoms with E-state index in [0.29, 0.717) is 11.6 Å². The molecule has 0 aliphatic heterocycles. The highest BCUT2D eigenvalue weighted by Crippen LogP contribution is 2.23. The van der Waals surface area contributed by atoms with E-state index in [1.54, 1.807) is 27.8 Å². The summed E-state index contributed by atoms with van der Waals surface area (Å²) in [5, 5.41) is 26.1. The Hall–Kier alpha value is -1.89. The van der Waals surface area contributed by atoms with E-state index in [4.69, 9.17) is 0 Å². The van der Waals surface area contributed by atoms with Crippen LogP contribution in [0.4, 0.5) is 17.3 Å². The quantitative estimate of drug-likeness (QED) is 0.545. The fraction of sp³-hybridized carbons (Fsp3) is 0.545. The van der Waals surface area contributed by atoms with Crippen LogP contribution >= 0.6 is 0 Å². The number of hydrogen-bond donors (Lipinski definition) is 3. The number of aliphatic hydroxyl groups excluding tert-OH is 1. The van der Waals surface area contributed by atoms with E-state index in [1.807, 2.05) is 0 Å². The molecule has 1 heterocycles. The molecular formula is C11H18N4O3. The molecule has 18 heavy (non-hydrogen) atoms. The molecule has 0 saturated carbocycles. The molecule has 0 fully saturated rings. The number of rotatable bonds is 5. The zero-order chi connectivity index (χ0) is 13.9. The normalized spacial score (nSPS) is 12.9. The number of hydrogen-bond acceptors (Lipinski definition) is 6. The lowest BCUT2D eigenvalue weighted by Crippen LogP contribution is -2.42. The maximum atomic E-state index is 10.8. The lowest BCUT2D eigenvalue weighted by molar-refractivity contribution is -0.384. The fourth-order valence-electron chi connectivity index (χ4n) is 1.25. The minimum atomic E-state index is -0.632. The topological polar surface area (TPSA) is 100 Å². The summed E-state index contributed by atoms with van der Waals surface area (Å²) in [5.74, 6) is 0.743. The Bertz CT molecular complexity index is 446. The summed E-state index contributed by atoms with van der Waals surface area (Å²) < 4.78 is 0. The Morgan fingerprint density at radius 3 is 2.44 bits per heavy atom. The summed E-state index contributed by atoms with van der Waals surface area (Å²) in [4.78, 5) is 14.5. The van der Waals surface area contributed by atoms with Crippen LogP contribution in [0.5, 0.6) is 0 Å². The van der Waals surface area contributed by atoms with Gasteiger partial charge < -0.3 is 15.7 Å². The van der Waals surface area contributed by atoms with Crippen molar-refractivity contribution < 1.29 is 10.0 Å². The molecule has 0 aliphatic rings. The highest BCUT2D eigenvalue weighted by Gasteiger charge is 2.25. The predicted molar refractivity (Wildman–Crippen MR) is 69.8 cm³/mol. The number of pyridine rings is 1. The molecule has 0 saturated heterocycles. The van der Waals surface area contributed by atoms with Gasteiger partial charge in [0.2, 0.25) is 0 Å². The van der Waals surface area contributed by atoms with Crippen LogP contribution in [0.2, 0.25) is 0 Å². The van der Waals surface area contributed by atoms with E-state index in [0.717, 1.165) is 0 Å². The van der Waals surface area contributed by atoms with Crippen molar-refractivity contribution in [2.75, 3.05) is 17.7 Å². The van der Waals surface area contributed by atoms with Gasteiger partial charge in [0.05, 0.1) is 28.7 Å². The van der Waals surface area contributed by atoms with Crippen molar-refractivity contribution in [1.29, 1.82) is 0 Å². The Morgan fingerprint density at radius 1 is 1.44 bits per heavy atom. The van der Waals surface area contributed by atoms with E-state index < -0.39 is 16.6 Å². The second-order valence-electron chi connectivity index (χ2n) is 4.63. The van der Waals surface area contributed by atoms with E-state index in [2.05, 4.69) is 15.6 Å². The number of nitrogens with zero attached hydrogens (tertiary/aromatic N) is 2. The van der Waals surface area contributed by atoms with Gasteiger partial charge in [0.15, 0.2) is 0 Å². The van der Waals surface area contributed by atoms with Crippen LogP contribution < -0.4 is 10.6 Å². The van der Waals surface area contributed by atoms with Gasteiger partial charge in [-0.2, -0.15) is 0 Å². The fourth-order valence-corrected chi connectivity index (χ4v) is 1.25. The van der Waals surface area contributed by atoms with Gasteiger partial charge in [-0.15, -0.1) is 0 Å². The van der Waals surface area contributed by atoms with E-state index in [-0.39, 0.29) is 5.69 Å². The molecule has 1 unspecified atom stereocenters. The first kappa shape index (κ1) is 14.2. The van der Waals surface area contributed by atoms with Crippen molar-refractivity contribution >= 4 is 17.3 Å². The second kappa shape index (κ2) is 5.18. The van der Waals surface area contributed by atoms with Crippen LogP contribution in [-0.4, -0.2) is 33.7 Å². The van der Waals surface area contributed by atoms with Gasteiger partial charge >= 0.3 is 0 Å². The molecule has 1 aromatic rings. The third-order valence-electron chi connectivity index (χ3n) is 2.77. The van der Waals surface area contributed by atoms with Crippen molar-refractivity contribution in [2.45, 2.75) is 32.4 Å².